The van der Waals surface area contributed by atoms with Crippen molar-refractivity contribution in [3.8, 4) is 0 Å². The monoisotopic (exact) mass is 331 g/mol. The summed E-state index contributed by atoms with van der Waals surface area (Å²) in [6, 6.07) is 11.2. The SMILES string of the molecule is CNC(c1cc(Br)ccc1C)c1c(C)cc(C)cc1C. The third-order valence-electron chi connectivity index (χ3n) is 3.87. The Kier molecular flexibility index (Phi) is 4.66. The fourth-order valence-electron chi connectivity index (χ4n) is 3.02. The number of hydrogen-bond donors (Lipinski definition) is 1. The van der Waals surface area contributed by atoms with E-state index in [4.69, 9.17) is 0 Å². The molecule has 2 aromatic carbocycles. The maximum Gasteiger partial charge on any atom is 0.0582 e. The number of halogens is 1. The molecule has 0 radical (unpaired) electrons. The van der Waals surface area contributed by atoms with Crippen LogP contribution in [0.5, 0.6) is 0 Å². The summed E-state index contributed by atoms with van der Waals surface area (Å²) in [5.74, 6) is 0. The van der Waals surface area contributed by atoms with Crippen LogP contribution in [0, 0.1) is 27.7 Å². The fraction of sp³-hybridized carbons (Fsp3) is 0.333. The predicted molar refractivity (Wildman–Crippen MR) is 90.4 cm³/mol. The van der Waals surface area contributed by atoms with Crippen molar-refractivity contribution in [1.29, 1.82) is 0 Å². The van der Waals surface area contributed by atoms with Gasteiger partial charge in [-0.2, -0.15) is 0 Å². The van der Waals surface area contributed by atoms with Crippen molar-refractivity contribution >= 4 is 15.9 Å². The number of rotatable bonds is 3. The number of nitrogens with one attached hydrogen (secondary N) is 1. The molecule has 0 fully saturated rings. The van der Waals surface area contributed by atoms with Crippen molar-refractivity contribution in [3.05, 3.63) is 68.2 Å². The van der Waals surface area contributed by atoms with Gasteiger partial charge in [-0.3, -0.25) is 0 Å². The lowest BCUT2D eigenvalue weighted by atomic mass is 9.88. The number of benzene rings is 2. The second-order valence-electron chi connectivity index (χ2n) is 5.53. The Balaban J connectivity index is 2.61. The quantitative estimate of drug-likeness (QED) is 0.835. The fourth-order valence-corrected chi connectivity index (χ4v) is 3.40. The van der Waals surface area contributed by atoms with E-state index >= 15 is 0 Å². The van der Waals surface area contributed by atoms with Crippen molar-refractivity contribution < 1.29 is 0 Å². The van der Waals surface area contributed by atoms with Gasteiger partial charge in [0.15, 0.2) is 0 Å². The summed E-state index contributed by atoms with van der Waals surface area (Å²) in [6.45, 7) is 8.73. The highest BCUT2D eigenvalue weighted by Crippen LogP contribution is 2.31. The highest BCUT2D eigenvalue weighted by Gasteiger charge is 2.18. The first-order valence-corrected chi connectivity index (χ1v) is 7.74. The normalized spacial score (nSPS) is 12.5. The highest BCUT2D eigenvalue weighted by atomic mass is 79.9. The molecule has 0 saturated carbocycles. The van der Waals surface area contributed by atoms with Crippen LogP contribution in [0.1, 0.15) is 39.4 Å². The Bertz CT molecular complexity index is 608. The third-order valence-corrected chi connectivity index (χ3v) is 4.36. The molecule has 0 saturated heterocycles. The van der Waals surface area contributed by atoms with Crippen LogP contribution in [0.3, 0.4) is 0 Å². The molecule has 2 heteroatoms. The summed E-state index contributed by atoms with van der Waals surface area (Å²) in [5.41, 5.74) is 8.05. The summed E-state index contributed by atoms with van der Waals surface area (Å²) in [5, 5.41) is 3.48. The molecule has 1 N–H and O–H groups in total. The van der Waals surface area contributed by atoms with Crippen molar-refractivity contribution in [2.75, 3.05) is 7.05 Å². The van der Waals surface area contributed by atoms with Crippen LogP contribution in [0.15, 0.2) is 34.8 Å². The Labute approximate surface area is 130 Å². The van der Waals surface area contributed by atoms with Crippen molar-refractivity contribution in [2.45, 2.75) is 33.7 Å². The largest absolute Gasteiger partial charge is 0.309 e. The molecule has 2 aromatic rings. The minimum Gasteiger partial charge on any atom is -0.309 e. The van der Waals surface area contributed by atoms with Gasteiger partial charge in [0.1, 0.15) is 0 Å². The zero-order valence-electron chi connectivity index (χ0n) is 12.8. The van der Waals surface area contributed by atoms with Gasteiger partial charge in [-0.25, -0.2) is 0 Å². The molecule has 20 heavy (non-hydrogen) atoms. The van der Waals surface area contributed by atoms with Crippen LogP contribution in [0.2, 0.25) is 0 Å². The molecule has 0 aliphatic carbocycles. The molecule has 0 aliphatic heterocycles. The lowest BCUT2D eigenvalue weighted by Crippen LogP contribution is -2.21. The molecule has 0 spiro atoms. The van der Waals surface area contributed by atoms with E-state index in [0.717, 1.165) is 4.47 Å². The van der Waals surface area contributed by atoms with Gasteiger partial charge < -0.3 is 5.32 Å². The lowest BCUT2D eigenvalue weighted by Gasteiger charge is -2.24. The van der Waals surface area contributed by atoms with Gasteiger partial charge in [0.05, 0.1) is 6.04 Å². The van der Waals surface area contributed by atoms with Crippen molar-refractivity contribution in [1.82, 2.24) is 5.32 Å². The Morgan fingerprint density at radius 3 is 2.05 bits per heavy atom. The zero-order valence-corrected chi connectivity index (χ0v) is 14.4. The maximum atomic E-state index is 3.59. The molecule has 0 heterocycles. The van der Waals surface area contributed by atoms with Gasteiger partial charge in [0.25, 0.3) is 0 Å². The third kappa shape index (κ3) is 2.97. The molecular formula is C18H22BrN. The van der Waals surface area contributed by atoms with E-state index in [1.165, 1.54) is 33.4 Å². The van der Waals surface area contributed by atoms with Gasteiger partial charge >= 0.3 is 0 Å². The Hall–Kier alpha value is -1.12. The van der Waals surface area contributed by atoms with Crippen LogP contribution >= 0.6 is 15.9 Å². The molecule has 0 bridgehead atoms. The van der Waals surface area contributed by atoms with Crippen LogP contribution in [-0.2, 0) is 0 Å². The molecule has 106 valence electrons. The van der Waals surface area contributed by atoms with E-state index in [9.17, 15) is 0 Å². The van der Waals surface area contributed by atoms with E-state index < -0.39 is 0 Å². The summed E-state index contributed by atoms with van der Waals surface area (Å²) in [7, 11) is 2.03. The van der Waals surface area contributed by atoms with Crippen LogP contribution in [-0.4, -0.2) is 7.05 Å². The summed E-state index contributed by atoms with van der Waals surface area (Å²) in [4.78, 5) is 0. The second-order valence-corrected chi connectivity index (χ2v) is 6.45. The second kappa shape index (κ2) is 6.11. The average molecular weight is 332 g/mol. The topological polar surface area (TPSA) is 12.0 Å². The molecule has 2 rings (SSSR count). The van der Waals surface area contributed by atoms with E-state index in [0.29, 0.717) is 0 Å². The van der Waals surface area contributed by atoms with E-state index in [1.807, 2.05) is 7.05 Å². The molecule has 1 nitrogen and oxygen atoms in total. The molecule has 0 aromatic heterocycles. The van der Waals surface area contributed by atoms with Gasteiger partial charge in [-0.1, -0.05) is 39.7 Å². The lowest BCUT2D eigenvalue weighted by molar-refractivity contribution is 0.678. The molecular weight excluding hydrogens is 310 g/mol. The molecule has 1 unspecified atom stereocenters. The van der Waals surface area contributed by atoms with E-state index in [-0.39, 0.29) is 6.04 Å². The van der Waals surface area contributed by atoms with Crippen molar-refractivity contribution in [2.24, 2.45) is 0 Å². The number of aryl methyl sites for hydroxylation is 4. The van der Waals surface area contributed by atoms with E-state index in [2.05, 4.69) is 79.3 Å². The summed E-state index contributed by atoms with van der Waals surface area (Å²) >= 11 is 3.59. The molecule has 0 amide bonds. The Morgan fingerprint density at radius 1 is 0.900 bits per heavy atom. The van der Waals surface area contributed by atoms with Gasteiger partial charge in [-0.05, 0) is 74.7 Å². The van der Waals surface area contributed by atoms with Gasteiger partial charge in [-0.15, -0.1) is 0 Å². The smallest absolute Gasteiger partial charge is 0.0582 e. The zero-order chi connectivity index (χ0) is 14.9. The first kappa shape index (κ1) is 15.3. The summed E-state index contributed by atoms with van der Waals surface area (Å²) in [6.07, 6.45) is 0. The standard InChI is InChI=1S/C18H22BrN/c1-11-8-13(3)17(14(4)9-11)18(20-5)16-10-15(19)7-6-12(16)2/h6-10,18,20H,1-5H3. The van der Waals surface area contributed by atoms with Gasteiger partial charge in [0, 0.05) is 4.47 Å². The van der Waals surface area contributed by atoms with Gasteiger partial charge in [0.2, 0.25) is 0 Å². The molecule has 1 atom stereocenters. The van der Waals surface area contributed by atoms with Crippen LogP contribution in [0.25, 0.3) is 0 Å². The number of hydrogen-bond acceptors (Lipinski definition) is 1. The van der Waals surface area contributed by atoms with E-state index in [1.54, 1.807) is 0 Å². The van der Waals surface area contributed by atoms with Crippen LogP contribution < -0.4 is 5.32 Å². The minimum absolute atomic E-state index is 0.230. The minimum atomic E-state index is 0.230. The Morgan fingerprint density at radius 2 is 1.50 bits per heavy atom. The highest BCUT2D eigenvalue weighted by molar-refractivity contribution is 9.10. The predicted octanol–water partition coefficient (Wildman–Crippen LogP) is 4.99. The molecule has 0 aliphatic rings. The average Bonchev–Trinajstić information content (AvgIpc) is 2.37. The first-order chi connectivity index (χ1) is 9.43. The van der Waals surface area contributed by atoms with Crippen LogP contribution in [0.4, 0.5) is 0 Å². The van der Waals surface area contributed by atoms with Crippen molar-refractivity contribution in [3.63, 3.8) is 0 Å². The summed E-state index contributed by atoms with van der Waals surface area (Å²) < 4.78 is 1.13. The maximum absolute atomic E-state index is 3.59. The first-order valence-electron chi connectivity index (χ1n) is 6.95.